The van der Waals surface area contributed by atoms with E-state index in [0.29, 0.717) is 37.7 Å². The van der Waals surface area contributed by atoms with Crippen molar-refractivity contribution in [3.05, 3.63) is 18.2 Å². The summed E-state index contributed by atoms with van der Waals surface area (Å²) in [4.78, 5) is 1.84. The van der Waals surface area contributed by atoms with E-state index < -0.39 is 10.0 Å². The molecule has 0 saturated carbocycles. The minimum atomic E-state index is -3.85. The molecule has 0 amide bonds. The Balaban J connectivity index is 3.17. The lowest BCUT2D eigenvalue weighted by molar-refractivity contribution is 0.190. The molecule has 0 heterocycles. The van der Waals surface area contributed by atoms with E-state index in [1.54, 1.807) is 26.4 Å². The van der Waals surface area contributed by atoms with Gasteiger partial charge in [-0.2, -0.15) is 0 Å². The van der Waals surface area contributed by atoms with E-state index in [4.69, 9.17) is 20.3 Å². The summed E-state index contributed by atoms with van der Waals surface area (Å²) in [5, 5.41) is 5.25. The van der Waals surface area contributed by atoms with Gasteiger partial charge in [-0.25, -0.2) is 13.6 Å². The van der Waals surface area contributed by atoms with Crippen LogP contribution in [0.15, 0.2) is 23.1 Å². The zero-order valence-corrected chi connectivity index (χ0v) is 12.5. The fraction of sp³-hybridized carbons (Fsp3) is 0.500. The number of hydrogen-bond donors (Lipinski definition) is 2. The number of primary sulfonamides is 1. The number of hydrogen-bond acceptors (Lipinski definition) is 6. The predicted molar refractivity (Wildman–Crippen MR) is 78.2 cm³/mol. The van der Waals surface area contributed by atoms with Crippen LogP contribution in [0.1, 0.15) is 0 Å². The summed E-state index contributed by atoms with van der Waals surface area (Å²) in [6.45, 7) is 1.95. The van der Waals surface area contributed by atoms with Crippen molar-refractivity contribution in [1.29, 1.82) is 0 Å². The van der Waals surface area contributed by atoms with Crippen LogP contribution in [0.25, 0.3) is 0 Å². The van der Waals surface area contributed by atoms with E-state index in [1.807, 2.05) is 4.90 Å². The minimum absolute atomic E-state index is 0.00436. The number of methoxy groups -OCH3 is 2. The summed E-state index contributed by atoms with van der Waals surface area (Å²) in [6.07, 6.45) is 0. The monoisotopic (exact) mass is 303 g/mol. The van der Waals surface area contributed by atoms with E-state index in [1.165, 1.54) is 6.07 Å². The van der Waals surface area contributed by atoms with E-state index >= 15 is 0 Å². The van der Waals surface area contributed by atoms with Gasteiger partial charge in [0.2, 0.25) is 10.0 Å². The van der Waals surface area contributed by atoms with E-state index in [9.17, 15) is 8.42 Å². The van der Waals surface area contributed by atoms with Crippen LogP contribution in [0.4, 0.5) is 11.4 Å². The molecule has 0 bridgehead atoms. The molecule has 1 aromatic carbocycles. The zero-order chi connectivity index (χ0) is 15.2. The van der Waals surface area contributed by atoms with Crippen molar-refractivity contribution >= 4 is 21.4 Å². The Morgan fingerprint density at radius 1 is 1.15 bits per heavy atom. The summed E-state index contributed by atoms with van der Waals surface area (Å²) in [6, 6.07) is 4.63. The second kappa shape index (κ2) is 7.44. The second-order valence-corrected chi connectivity index (χ2v) is 5.77. The van der Waals surface area contributed by atoms with Crippen LogP contribution in [-0.4, -0.2) is 48.9 Å². The van der Waals surface area contributed by atoms with Crippen molar-refractivity contribution in [1.82, 2.24) is 0 Å². The smallest absolute Gasteiger partial charge is 0.240 e. The Labute approximate surface area is 119 Å². The highest BCUT2D eigenvalue weighted by atomic mass is 32.2. The lowest BCUT2D eigenvalue weighted by Crippen LogP contribution is -2.32. The molecule has 7 nitrogen and oxygen atoms in total. The molecular formula is C12H21N3O4S. The van der Waals surface area contributed by atoms with Crippen LogP contribution in [-0.2, 0) is 19.5 Å². The molecule has 0 aliphatic rings. The first-order chi connectivity index (χ1) is 9.40. The summed E-state index contributed by atoms with van der Waals surface area (Å²) in [5.74, 6) is 0. The van der Waals surface area contributed by atoms with Crippen LogP contribution in [0.5, 0.6) is 0 Å². The average molecular weight is 303 g/mol. The van der Waals surface area contributed by atoms with Crippen molar-refractivity contribution in [2.24, 2.45) is 5.14 Å². The molecule has 0 unspecified atom stereocenters. The van der Waals surface area contributed by atoms with Gasteiger partial charge in [-0.15, -0.1) is 0 Å². The third kappa shape index (κ3) is 4.64. The van der Waals surface area contributed by atoms with E-state index in [2.05, 4.69) is 0 Å². The molecule has 0 aromatic heterocycles. The molecule has 8 heteroatoms. The molecule has 1 aromatic rings. The molecule has 0 aliphatic carbocycles. The Hall–Kier alpha value is -1.35. The van der Waals surface area contributed by atoms with Gasteiger partial charge in [-0.1, -0.05) is 0 Å². The van der Waals surface area contributed by atoms with Crippen molar-refractivity contribution in [2.45, 2.75) is 4.90 Å². The number of benzene rings is 1. The molecule has 1 rings (SSSR count). The van der Waals surface area contributed by atoms with Gasteiger partial charge in [0.15, 0.2) is 0 Å². The van der Waals surface area contributed by atoms with Gasteiger partial charge in [-0.3, -0.25) is 0 Å². The summed E-state index contributed by atoms with van der Waals surface area (Å²) in [5.41, 5.74) is 6.48. The topological polar surface area (TPSA) is 108 Å². The number of nitrogen functional groups attached to an aromatic ring is 1. The normalized spacial score (nSPS) is 11.6. The van der Waals surface area contributed by atoms with E-state index in [-0.39, 0.29) is 4.90 Å². The zero-order valence-electron chi connectivity index (χ0n) is 11.7. The van der Waals surface area contributed by atoms with Crippen LogP contribution in [0.2, 0.25) is 0 Å². The number of anilines is 2. The fourth-order valence-corrected chi connectivity index (χ4v) is 2.56. The van der Waals surface area contributed by atoms with Crippen LogP contribution in [0.3, 0.4) is 0 Å². The third-order valence-electron chi connectivity index (χ3n) is 2.76. The Kier molecular flexibility index (Phi) is 6.21. The molecule has 0 atom stereocenters. The van der Waals surface area contributed by atoms with Gasteiger partial charge in [-0.05, 0) is 18.2 Å². The second-order valence-electron chi connectivity index (χ2n) is 4.24. The van der Waals surface area contributed by atoms with Crippen LogP contribution in [0, 0.1) is 0 Å². The number of ether oxygens (including phenoxy) is 2. The molecular weight excluding hydrogens is 282 g/mol. The number of rotatable bonds is 8. The first-order valence-electron chi connectivity index (χ1n) is 6.05. The number of sulfonamides is 1. The maximum atomic E-state index is 11.7. The number of nitrogens with zero attached hydrogens (tertiary/aromatic N) is 1. The highest BCUT2D eigenvalue weighted by Crippen LogP contribution is 2.26. The summed E-state index contributed by atoms with van der Waals surface area (Å²) in [7, 11) is -0.692. The largest absolute Gasteiger partial charge is 0.399 e. The summed E-state index contributed by atoms with van der Waals surface area (Å²) >= 11 is 0. The van der Waals surface area contributed by atoms with Crippen molar-refractivity contribution in [3.8, 4) is 0 Å². The van der Waals surface area contributed by atoms with Crippen molar-refractivity contribution in [2.75, 3.05) is 51.2 Å². The lowest BCUT2D eigenvalue weighted by Gasteiger charge is -2.26. The molecule has 0 spiro atoms. The van der Waals surface area contributed by atoms with Crippen molar-refractivity contribution < 1.29 is 17.9 Å². The first-order valence-corrected chi connectivity index (χ1v) is 7.60. The van der Waals surface area contributed by atoms with Crippen LogP contribution < -0.4 is 15.8 Å². The molecule has 0 fully saturated rings. The molecule has 0 radical (unpaired) electrons. The van der Waals surface area contributed by atoms with Gasteiger partial charge in [0.1, 0.15) is 4.90 Å². The molecule has 114 valence electrons. The lowest BCUT2D eigenvalue weighted by atomic mass is 10.2. The van der Waals surface area contributed by atoms with Gasteiger partial charge >= 0.3 is 0 Å². The van der Waals surface area contributed by atoms with E-state index in [0.717, 1.165) is 0 Å². The molecule has 0 saturated heterocycles. The third-order valence-corrected chi connectivity index (χ3v) is 3.70. The van der Waals surface area contributed by atoms with Gasteiger partial charge in [0.25, 0.3) is 0 Å². The maximum absolute atomic E-state index is 11.7. The molecule has 20 heavy (non-hydrogen) atoms. The van der Waals surface area contributed by atoms with Crippen molar-refractivity contribution in [3.63, 3.8) is 0 Å². The minimum Gasteiger partial charge on any atom is -0.399 e. The highest BCUT2D eigenvalue weighted by Gasteiger charge is 2.19. The van der Waals surface area contributed by atoms with Crippen LogP contribution >= 0.6 is 0 Å². The molecule has 0 aliphatic heterocycles. The van der Waals surface area contributed by atoms with Gasteiger partial charge in [0, 0.05) is 33.0 Å². The molecule has 4 N–H and O–H groups in total. The average Bonchev–Trinajstić information content (AvgIpc) is 2.38. The quantitative estimate of drug-likeness (QED) is 0.655. The number of nitrogens with two attached hydrogens (primary N) is 2. The van der Waals surface area contributed by atoms with Gasteiger partial charge < -0.3 is 20.1 Å². The first kappa shape index (κ1) is 16.7. The highest BCUT2D eigenvalue weighted by molar-refractivity contribution is 7.89. The Morgan fingerprint density at radius 2 is 1.70 bits per heavy atom. The predicted octanol–water partition coefficient (Wildman–Crippen LogP) is 0.0154. The SMILES string of the molecule is COCCN(CCOC)c1ccc(N)cc1S(N)(=O)=O. The Bertz CT molecular complexity index is 526. The maximum Gasteiger partial charge on any atom is 0.240 e. The Morgan fingerprint density at radius 3 is 2.15 bits per heavy atom. The standard InChI is InChI=1S/C12H21N3O4S/c1-18-7-5-15(6-8-19-2)11-4-3-10(13)9-12(11)20(14,16)17/h3-4,9H,5-8,13H2,1-2H3,(H2,14,16,17). The summed E-state index contributed by atoms with van der Waals surface area (Å²) < 4.78 is 33.5. The van der Waals surface area contributed by atoms with Gasteiger partial charge in [0.05, 0.1) is 18.9 Å². The fourth-order valence-electron chi connectivity index (χ4n) is 1.78.